The molecule has 1 fully saturated rings. The number of carbonyl (C=O) groups is 1. The van der Waals surface area contributed by atoms with Crippen molar-refractivity contribution in [3.05, 3.63) is 39.7 Å². The molecule has 20 heavy (non-hydrogen) atoms. The van der Waals surface area contributed by atoms with Crippen LogP contribution in [0.2, 0.25) is 0 Å². The van der Waals surface area contributed by atoms with Crippen LogP contribution in [0.5, 0.6) is 0 Å². The fourth-order valence-corrected chi connectivity index (χ4v) is 2.18. The summed E-state index contributed by atoms with van der Waals surface area (Å²) in [6, 6.07) is 3.11. The first-order valence-corrected chi connectivity index (χ1v) is 6.25. The lowest BCUT2D eigenvalue weighted by molar-refractivity contribution is -0.387. The lowest BCUT2D eigenvalue weighted by Gasteiger charge is -2.34. The fraction of sp³-hybridized carbons (Fsp3) is 0.462. The normalized spacial score (nSPS) is 22.3. The third-order valence-corrected chi connectivity index (χ3v) is 3.26. The van der Waals surface area contributed by atoms with Crippen molar-refractivity contribution in [1.82, 2.24) is 5.32 Å². The van der Waals surface area contributed by atoms with E-state index in [0.29, 0.717) is 13.2 Å². The summed E-state index contributed by atoms with van der Waals surface area (Å²) in [6.45, 7) is 2.91. The number of hydrogen-bond donors (Lipinski definition) is 1. The lowest BCUT2D eigenvalue weighted by atomic mass is 9.94. The molecular formula is C13H15FN2O4. The van der Waals surface area contributed by atoms with Crippen molar-refractivity contribution >= 4 is 11.6 Å². The van der Waals surface area contributed by atoms with Crippen molar-refractivity contribution in [3.63, 3.8) is 0 Å². The summed E-state index contributed by atoms with van der Waals surface area (Å²) in [5, 5.41) is 13.3. The standard InChI is InChI=1S/C13H15FN2O4/c1-13(5-2-6-20-8-13)15-12(17)9-3-4-11(16(18)19)10(14)7-9/h3-4,7H,2,5-6,8H2,1H3,(H,15,17). The Kier molecular flexibility index (Phi) is 3.99. The molecule has 1 atom stereocenters. The molecule has 1 aromatic rings. The van der Waals surface area contributed by atoms with Crippen LogP contribution in [-0.4, -0.2) is 29.6 Å². The van der Waals surface area contributed by atoms with Crippen LogP contribution in [0.3, 0.4) is 0 Å². The molecule has 1 N–H and O–H groups in total. The van der Waals surface area contributed by atoms with Crippen LogP contribution in [0.15, 0.2) is 18.2 Å². The smallest absolute Gasteiger partial charge is 0.304 e. The average molecular weight is 282 g/mol. The van der Waals surface area contributed by atoms with E-state index >= 15 is 0 Å². The van der Waals surface area contributed by atoms with E-state index in [4.69, 9.17) is 4.74 Å². The van der Waals surface area contributed by atoms with Gasteiger partial charge in [0, 0.05) is 18.2 Å². The molecule has 0 radical (unpaired) electrons. The minimum Gasteiger partial charge on any atom is -0.379 e. The third-order valence-electron chi connectivity index (χ3n) is 3.26. The van der Waals surface area contributed by atoms with E-state index in [1.54, 1.807) is 0 Å². The van der Waals surface area contributed by atoms with E-state index < -0.39 is 27.9 Å². The molecule has 2 rings (SSSR count). The Balaban J connectivity index is 2.13. The highest BCUT2D eigenvalue weighted by Gasteiger charge is 2.30. The van der Waals surface area contributed by atoms with Crippen molar-refractivity contribution in [2.75, 3.05) is 13.2 Å². The van der Waals surface area contributed by atoms with Gasteiger partial charge >= 0.3 is 5.69 Å². The van der Waals surface area contributed by atoms with Crippen molar-refractivity contribution in [3.8, 4) is 0 Å². The maximum absolute atomic E-state index is 13.5. The summed E-state index contributed by atoms with van der Waals surface area (Å²) in [6.07, 6.45) is 1.61. The molecule has 1 aliphatic heterocycles. The first-order chi connectivity index (χ1) is 9.41. The quantitative estimate of drug-likeness (QED) is 0.679. The van der Waals surface area contributed by atoms with E-state index in [-0.39, 0.29) is 5.56 Å². The van der Waals surface area contributed by atoms with Crippen molar-refractivity contribution in [1.29, 1.82) is 0 Å². The van der Waals surface area contributed by atoms with Crippen LogP contribution in [0, 0.1) is 15.9 Å². The summed E-state index contributed by atoms with van der Waals surface area (Å²) in [5.74, 6) is -1.49. The highest BCUT2D eigenvalue weighted by Crippen LogP contribution is 2.21. The molecule has 1 amide bonds. The Hall–Kier alpha value is -2.02. The molecule has 6 nitrogen and oxygen atoms in total. The highest BCUT2D eigenvalue weighted by molar-refractivity contribution is 5.95. The number of hydrogen-bond acceptors (Lipinski definition) is 4. The second-order valence-corrected chi connectivity index (χ2v) is 5.09. The van der Waals surface area contributed by atoms with E-state index in [1.807, 2.05) is 6.92 Å². The number of nitro groups is 1. The zero-order valence-corrected chi connectivity index (χ0v) is 11.0. The molecule has 1 saturated heterocycles. The maximum atomic E-state index is 13.5. The van der Waals surface area contributed by atoms with Gasteiger partial charge in [0.25, 0.3) is 5.91 Å². The summed E-state index contributed by atoms with van der Waals surface area (Å²) in [5.41, 5.74) is -1.08. The van der Waals surface area contributed by atoms with Gasteiger partial charge in [0.05, 0.1) is 17.1 Å². The van der Waals surface area contributed by atoms with Crippen molar-refractivity contribution in [2.24, 2.45) is 0 Å². The van der Waals surface area contributed by atoms with Gasteiger partial charge in [-0.1, -0.05) is 0 Å². The number of nitrogens with zero attached hydrogens (tertiary/aromatic N) is 1. The molecule has 1 unspecified atom stereocenters. The molecular weight excluding hydrogens is 267 g/mol. The molecule has 0 saturated carbocycles. The van der Waals surface area contributed by atoms with Crippen LogP contribution < -0.4 is 5.32 Å². The number of rotatable bonds is 3. The lowest BCUT2D eigenvalue weighted by Crippen LogP contribution is -2.51. The Morgan fingerprint density at radius 3 is 2.85 bits per heavy atom. The van der Waals surface area contributed by atoms with E-state index in [2.05, 4.69) is 5.32 Å². The number of amides is 1. The topological polar surface area (TPSA) is 81.5 Å². The second kappa shape index (κ2) is 5.54. The molecule has 1 aliphatic rings. The SMILES string of the molecule is CC1(NC(=O)c2ccc([N+](=O)[O-])c(F)c2)CCCOC1. The van der Waals surface area contributed by atoms with Gasteiger partial charge in [-0.25, -0.2) is 0 Å². The van der Waals surface area contributed by atoms with Gasteiger partial charge in [-0.2, -0.15) is 4.39 Å². The number of nitro benzene ring substituents is 1. The summed E-state index contributed by atoms with van der Waals surface area (Å²) < 4.78 is 18.8. The zero-order valence-electron chi connectivity index (χ0n) is 11.0. The number of halogens is 1. The van der Waals surface area contributed by atoms with Crippen molar-refractivity contribution in [2.45, 2.75) is 25.3 Å². The van der Waals surface area contributed by atoms with E-state index in [0.717, 1.165) is 25.0 Å². The minimum atomic E-state index is -1.02. The van der Waals surface area contributed by atoms with Gasteiger partial charge in [-0.05, 0) is 31.9 Å². The molecule has 0 aromatic heterocycles. The second-order valence-electron chi connectivity index (χ2n) is 5.09. The molecule has 1 aromatic carbocycles. The Bertz CT molecular complexity index is 541. The number of benzene rings is 1. The number of nitrogens with one attached hydrogen (secondary N) is 1. The first-order valence-electron chi connectivity index (χ1n) is 6.25. The third kappa shape index (κ3) is 3.11. The van der Waals surface area contributed by atoms with E-state index in [1.165, 1.54) is 6.07 Å². The van der Waals surface area contributed by atoms with Gasteiger partial charge in [0.1, 0.15) is 0 Å². The Labute approximate surface area is 115 Å². The first kappa shape index (κ1) is 14.4. The van der Waals surface area contributed by atoms with Crippen LogP contribution in [-0.2, 0) is 4.74 Å². The predicted octanol–water partition coefficient (Wildman–Crippen LogP) is 2.03. The Morgan fingerprint density at radius 2 is 2.30 bits per heavy atom. The summed E-state index contributed by atoms with van der Waals surface area (Å²) in [4.78, 5) is 21.7. The predicted molar refractivity (Wildman–Crippen MR) is 69.0 cm³/mol. The largest absolute Gasteiger partial charge is 0.379 e. The molecule has 0 aliphatic carbocycles. The molecule has 108 valence electrons. The van der Waals surface area contributed by atoms with Gasteiger partial charge in [-0.15, -0.1) is 0 Å². The molecule has 7 heteroatoms. The molecule has 0 bridgehead atoms. The number of carbonyl (C=O) groups excluding carboxylic acids is 1. The average Bonchev–Trinajstić information content (AvgIpc) is 2.38. The van der Waals surface area contributed by atoms with E-state index in [9.17, 15) is 19.3 Å². The van der Waals surface area contributed by atoms with Gasteiger partial charge in [0.2, 0.25) is 5.82 Å². The summed E-state index contributed by atoms with van der Waals surface area (Å²) in [7, 11) is 0. The zero-order chi connectivity index (χ0) is 14.8. The maximum Gasteiger partial charge on any atom is 0.304 e. The highest BCUT2D eigenvalue weighted by atomic mass is 19.1. The monoisotopic (exact) mass is 282 g/mol. The van der Waals surface area contributed by atoms with Crippen LogP contribution in [0.4, 0.5) is 10.1 Å². The van der Waals surface area contributed by atoms with Crippen LogP contribution >= 0.6 is 0 Å². The number of ether oxygens (including phenoxy) is 1. The Morgan fingerprint density at radius 1 is 1.55 bits per heavy atom. The fourth-order valence-electron chi connectivity index (χ4n) is 2.18. The minimum absolute atomic E-state index is 0.0555. The van der Waals surface area contributed by atoms with Crippen LogP contribution in [0.1, 0.15) is 30.1 Å². The summed E-state index contributed by atoms with van der Waals surface area (Å²) >= 11 is 0. The van der Waals surface area contributed by atoms with Crippen LogP contribution in [0.25, 0.3) is 0 Å². The molecule has 1 heterocycles. The van der Waals surface area contributed by atoms with Gasteiger partial charge in [0.15, 0.2) is 0 Å². The van der Waals surface area contributed by atoms with Gasteiger partial charge < -0.3 is 10.1 Å². The van der Waals surface area contributed by atoms with Crippen molar-refractivity contribution < 1.29 is 18.8 Å². The molecule has 0 spiro atoms. The van der Waals surface area contributed by atoms with Gasteiger partial charge in [-0.3, -0.25) is 14.9 Å².